The average Bonchev–Trinajstić information content (AvgIpc) is 2.54. The average molecular weight is 303 g/mol. The Morgan fingerprint density at radius 1 is 0.909 bits per heavy atom. The van der Waals surface area contributed by atoms with E-state index >= 15 is 0 Å². The summed E-state index contributed by atoms with van der Waals surface area (Å²) >= 11 is 0. The lowest BCUT2D eigenvalue weighted by Gasteiger charge is -2.07. The molecule has 3 heteroatoms. The molecule has 0 spiro atoms. The van der Waals surface area contributed by atoms with E-state index in [1.54, 1.807) is 12.1 Å². The number of rotatable bonds is 13. The third-order valence-electron chi connectivity index (χ3n) is 3.79. The molecule has 0 fully saturated rings. The van der Waals surface area contributed by atoms with Gasteiger partial charge in [0.25, 0.3) is 0 Å². The van der Waals surface area contributed by atoms with Crippen molar-refractivity contribution in [3.63, 3.8) is 0 Å². The Balaban J connectivity index is 2.01. The molecule has 0 aliphatic heterocycles. The van der Waals surface area contributed by atoms with E-state index in [9.17, 15) is 4.79 Å². The molecule has 0 bridgehead atoms. The van der Waals surface area contributed by atoms with Crippen LogP contribution in [0.2, 0.25) is 0 Å². The van der Waals surface area contributed by atoms with Crippen LogP contribution in [0.15, 0.2) is 29.3 Å². The first-order chi connectivity index (χ1) is 10.9. The Hall–Kier alpha value is -1.60. The number of aliphatic imine (C=N–C) groups is 1. The lowest BCUT2D eigenvalue weighted by atomic mass is 10.1. The molecule has 0 N–H and O–H groups in total. The molecule has 0 saturated heterocycles. The summed E-state index contributed by atoms with van der Waals surface area (Å²) in [7, 11) is 0. The summed E-state index contributed by atoms with van der Waals surface area (Å²) < 4.78 is 5.69. The van der Waals surface area contributed by atoms with Crippen molar-refractivity contribution in [1.82, 2.24) is 0 Å². The third kappa shape index (κ3) is 8.63. The van der Waals surface area contributed by atoms with Gasteiger partial charge in [0.2, 0.25) is 6.08 Å². The third-order valence-corrected chi connectivity index (χ3v) is 3.79. The highest BCUT2D eigenvalue weighted by Gasteiger charge is 2.01. The first-order valence-corrected chi connectivity index (χ1v) is 8.68. The van der Waals surface area contributed by atoms with Gasteiger partial charge >= 0.3 is 0 Å². The molecule has 1 aromatic rings. The lowest BCUT2D eigenvalue weighted by Crippen LogP contribution is -1.97. The molecule has 0 aromatic heterocycles. The fraction of sp³-hybridized carbons (Fsp3) is 0.632. The van der Waals surface area contributed by atoms with E-state index in [-0.39, 0.29) is 0 Å². The van der Waals surface area contributed by atoms with Gasteiger partial charge in [-0.15, -0.1) is 0 Å². The molecular formula is C19H29NO2. The Bertz CT molecular complexity index is 439. The predicted molar refractivity (Wildman–Crippen MR) is 91.6 cm³/mol. The van der Waals surface area contributed by atoms with E-state index < -0.39 is 0 Å². The lowest BCUT2D eigenvalue weighted by molar-refractivity contribution is 0.305. The maximum atomic E-state index is 10.3. The highest BCUT2D eigenvalue weighted by molar-refractivity contribution is 5.57. The van der Waals surface area contributed by atoms with Crippen molar-refractivity contribution in [2.24, 2.45) is 4.99 Å². The van der Waals surface area contributed by atoms with Crippen molar-refractivity contribution in [2.75, 3.05) is 6.61 Å². The zero-order valence-corrected chi connectivity index (χ0v) is 13.9. The molecule has 0 atom stereocenters. The Morgan fingerprint density at radius 2 is 1.50 bits per heavy atom. The number of benzene rings is 1. The number of para-hydroxylation sites is 2. The molecule has 0 radical (unpaired) electrons. The van der Waals surface area contributed by atoms with Gasteiger partial charge in [-0.25, -0.2) is 4.79 Å². The molecule has 0 amide bonds. The van der Waals surface area contributed by atoms with Gasteiger partial charge in [0.15, 0.2) is 0 Å². The zero-order chi connectivity index (χ0) is 15.9. The maximum Gasteiger partial charge on any atom is 0.240 e. The van der Waals surface area contributed by atoms with Crippen LogP contribution in [0.4, 0.5) is 5.69 Å². The van der Waals surface area contributed by atoms with Gasteiger partial charge in [0.1, 0.15) is 11.4 Å². The minimum absolute atomic E-state index is 0.560. The van der Waals surface area contributed by atoms with Crippen LogP contribution in [0.25, 0.3) is 0 Å². The van der Waals surface area contributed by atoms with Crippen LogP contribution >= 0.6 is 0 Å². The number of ether oxygens (including phenoxy) is 1. The van der Waals surface area contributed by atoms with Crippen molar-refractivity contribution in [1.29, 1.82) is 0 Å². The van der Waals surface area contributed by atoms with E-state index in [1.807, 2.05) is 18.2 Å². The number of isocyanates is 1. The molecule has 122 valence electrons. The van der Waals surface area contributed by atoms with Gasteiger partial charge < -0.3 is 4.74 Å². The van der Waals surface area contributed by atoms with E-state index in [0.717, 1.165) is 6.42 Å². The van der Waals surface area contributed by atoms with Crippen LogP contribution < -0.4 is 4.74 Å². The van der Waals surface area contributed by atoms with E-state index in [4.69, 9.17) is 4.74 Å². The smallest absolute Gasteiger partial charge is 0.240 e. The minimum atomic E-state index is 0.560. The summed E-state index contributed by atoms with van der Waals surface area (Å²) in [5.41, 5.74) is 0.560. The highest BCUT2D eigenvalue weighted by atomic mass is 16.5. The fourth-order valence-corrected chi connectivity index (χ4v) is 2.49. The summed E-state index contributed by atoms with van der Waals surface area (Å²) in [6.45, 7) is 2.94. The monoisotopic (exact) mass is 303 g/mol. The standard InChI is InChI=1S/C19H29NO2/c1-2-3-4-5-6-7-8-9-10-13-16-22-19-15-12-11-14-18(19)20-17-21/h11-12,14-15H,2-10,13,16H2,1H3. The molecule has 22 heavy (non-hydrogen) atoms. The van der Waals surface area contributed by atoms with E-state index in [0.29, 0.717) is 18.0 Å². The summed E-state index contributed by atoms with van der Waals surface area (Å²) in [4.78, 5) is 14.0. The summed E-state index contributed by atoms with van der Waals surface area (Å²) in [5, 5.41) is 0. The van der Waals surface area contributed by atoms with Gasteiger partial charge in [-0.3, -0.25) is 0 Å². The normalized spacial score (nSPS) is 10.2. The molecule has 0 unspecified atom stereocenters. The number of hydrogen-bond acceptors (Lipinski definition) is 3. The first kappa shape index (κ1) is 18.4. The first-order valence-electron chi connectivity index (χ1n) is 8.68. The molecule has 0 saturated carbocycles. The SMILES string of the molecule is CCCCCCCCCCCCOc1ccccc1N=C=O. The van der Waals surface area contributed by atoms with Crippen LogP contribution in [0.5, 0.6) is 5.75 Å². The van der Waals surface area contributed by atoms with E-state index in [1.165, 1.54) is 57.8 Å². The molecule has 1 aromatic carbocycles. The van der Waals surface area contributed by atoms with Gasteiger partial charge in [0, 0.05) is 0 Å². The molecule has 0 aliphatic rings. The number of nitrogens with zero attached hydrogens (tertiary/aromatic N) is 1. The van der Waals surface area contributed by atoms with Crippen LogP contribution in [-0.2, 0) is 4.79 Å². The Kier molecular flexibility index (Phi) is 11.0. The topological polar surface area (TPSA) is 38.7 Å². The van der Waals surface area contributed by atoms with Crippen molar-refractivity contribution in [3.05, 3.63) is 24.3 Å². The molecule has 3 nitrogen and oxygen atoms in total. The maximum absolute atomic E-state index is 10.3. The number of hydrogen-bond donors (Lipinski definition) is 0. The zero-order valence-electron chi connectivity index (χ0n) is 13.9. The second kappa shape index (κ2) is 13.1. The van der Waals surface area contributed by atoms with Crippen LogP contribution in [0.3, 0.4) is 0 Å². The summed E-state index contributed by atoms with van der Waals surface area (Å²) in [6, 6.07) is 7.33. The quantitative estimate of drug-likeness (QED) is 0.256. The number of carbonyl (C=O) groups excluding carboxylic acids is 1. The molecule has 0 heterocycles. The Morgan fingerprint density at radius 3 is 2.14 bits per heavy atom. The fourth-order valence-electron chi connectivity index (χ4n) is 2.49. The molecular weight excluding hydrogens is 274 g/mol. The van der Waals surface area contributed by atoms with Gasteiger partial charge in [-0.1, -0.05) is 76.8 Å². The Labute approximate surface area is 134 Å². The minimum Gasteiger partial charge on any atom is -0.491 e. The van der Waals surface area contributed by atoms with Crippen molar-refractivity contribution in [3.8, 4) is 5.75 Å². The van der Waals surface area contributed by atoms with Gasteiger partial charge in [-0.2, -0.15) is 4.99 Å². The van der Waals surface area contributed by atoms with Crippen molar-refractivity contribution < 1.29 is 9.53 Å². The second-order valence-electron chi connectivity index (χ2n) is 5.70. The molecule has 1 rings (SSSR count). The largest absolute Gasteiger partial charge is 0.491 e. The molecule has 0 aliphatic carbocycles. The summed E-state index contributed by atoms with van der Waals surface area (Å²) in [5.74, 6) is 0.668. The van der Waals surface area contributed by atoms with Gasteiger partial charge in [-0.05, 0) is 18.6 Å². The number of unbranched alkanes of at least 4 members (excludes halogenated alkanes) is 9. The van der Waals surface area contributed by atoms with Crippen LogP contribution in [0, 0.1) is 0 Å². The van der Waals surface area contributed by atoms with E-state index in [2.05, 4.69) is 11.9 Å². The van der Waals surface area contributed by atoms with Crippen molar-refractivity contribution in [2.45, 2.75) is 71.1 Å². The van der Waals surface area contributed by atoms with Crippen molar-refractivity contribution >= 4 is 11.8 Å². The van der Waals surface area contributed by atoms with Crippen LogP contribution in [0.1, 0.15) is 71.1 Å². The van der Waals surface area contributed by atoms with Gasteiger partial charge in [0.05, 0.1) is 6.61 Å². The highest BCUT2D eigenvalue weighted by Crippen LogP contribution is 2.26. The summed E-state index contributed by atoms with van der Waals surface area (Å²) in [6.07, 6.45) is 14.7. The second-order valence-corrected chi connectivity index (χ2v) is 5.70. The predicted octanol–water partition coefficient (Wildman–Crippen LogP) is 5.95. The van der Waals surface area contributed by atoms with Crippen LogP contribution in [-0.4, -0.2) is 12.7 Å².